The Bertz CT molecular complexity index is 975. The standard InChI is InChI=1S/C18H15ClFN5/c1-10-6-7-12(8-11(10)2)15-9-16(25-18(21-15)22-23-24-25)17-13(19)4-3-5-14(17)20/h3-9,16H,1-2H3,(H,21,22,24)/t16-/m0/s1. The van der Waals surface area contributed by atoms with Gasteiger partial charge in [-0.2, -0.15) is 4.68 Å². The van der Waals surface area contributed by atoms with Crippen LogP contribution >= 0.6 is 11.6 Å². The summed E-state index contributed by atoms with van der Waals surface area (Å²) in [6.45, 7) is 4.11. The Morgan fingerprint density at radius 1 is 1.16 bits per heavy atom. The third-order valence-electron chi connectivity index (χ3n) is 4.44. The van der Waals surface area contributed by atoms with Gasteiger partial charge in [-0.3, -0.25) is 0 Å². The van der Waals surface area contributed by atoms with Gasteiger partial charge in [0, 0.05) is 16.3 Å². The van der Waals surface area contributed by atoms with Crippen LogP contribution in [0.2, 0.25) is 5.02 Å². The Kier molecular flexibility index (Phi) is 3.77. The van der Waals surface area contributed by atoms with Gasteiger partial charge in [0.1, 0.15) is 11.9 Å². The molecule has 0 saturated heterocycles. The van der Waals surface area contributed by atoms with E-state index in [2.05, 4.69) is 46.8 Å². The maximum Gasteiger partial charge on any atom is 0.248 e. The summed E-state index contributed by atoms with van der Waals surface area (Å²) in [5, 5.41) is 15.2. The van der Waals surface area contributed by atoms with Gasteiger partial charge in [0.25, 0.3) is 0 Å². The zero-order chi connectivity index (χ0) is 17.6. The van der Waals surface area contributed by atoms with Crippen molar-refractivity contribution in [3.05, 3.63) is 75.6 Å². The van der Waals surface area contributed by atoms with Crippen molar-refractivity contribution in [2.24, 2.45) is 0 Å². The van der Waals surface area contributed by atoms with Gasteiger partial charge in [-0.15, -0.1) is 0 Å². The van der Waals surface area contributed by atoms with Crippen LogP contribution < -0.4 is 5.32 Å². The van der Waals surface area contributed by atoms with E-state index in [1.165, 1.54) is 21.9 Å². The Balaban J connectivity index is 1.88. The number of nitrogens with zero attached hydrogens (tertiary/aromatic N) is 4. The summed E-state index contributed by atoms with van der Waals surface area (Å²) in [4.78, 5) is 0. The third-order valence-corrected chi connectivity index (χ3v) is 4.77. The highest BCUT2D eigenvalue weighted by atomic mass is 35.5. The molecule has 4 rings (SSSR count). The Hall–Kier alpha value is -2.73. The largest absolute Gasteiger partial charge is 0.323 e. The molecule has 1 atom stereocenters. The minimum Gasteiger partial charge on any atom is -0.323 e. The number of allylic oxidation sites excluding steroid dienone is 1. The van der Waals surface area contributed by atoms with Crippen molar-refractivity contribution in [2.45, 2.75) is 19.9 Å². The van der Waals surface area contributed by atoms with Crippen LogP contribution in [0.4, 0.5) is 10.3 Å². The fraction of sp³-hybridized carbons (Fsp3) is 0.167. The number of rotatable bonds is 2. The number of aromatic nitrogens is 4. The van der Waals surface area contributed by atoms with Crippen LogP contribution in [0.5, 0.6) is 0 Å². The number of anilines is 1. The molecule has 5 nitrogen and oxygen atoms in total. The van der Waals surface area contributed by atoms with E-state index in [0.717, 1.165) is 11.3 Å². The quantitative estimate of drug-likeness (QED) is 0.750. The molecule has 0 radical (unpaired) electrons. The van der Waals surface area contributed by atoms with Crippen molar-refractivity contribution in [3.63, 3.8) is 0 Å². The first-order valence-corrected chi connectivity index (χ1v) is 8.20. The number of hydrogen-bond donors (Lipinski definition) is 1. The van der Waals surface area contributed by atoms with Crippen LogP contribution in [0, 0.1) is 19.7 Å². The lowest BCUT2D eigenvalue weighted by molar-refractivity contribution is 0.540. The monoisotopic (exact) mass is 355 g/mol. The van der Waals surface area contributed by atoms with Crippen LogP contribution in [0.3, 0.4) is 0 Å². The molecule has 0 saturated carbocycles. The van der Waals surface area contributed by atoms with Crippen LogP contribution in [0.25, 0.3) is 5.70 Å². The smallest absolute Gasteiger partial charge is 0.248 e. The SMILES string of the molecule is Cc1ccc(C2=C[C@@H](c3c(F)cccc3Cl)n3nnnc3N2)cc1C. The summed E-state index contributed by atoms with van der Waals surface area (Å²) in [7, 11) is 0. The molecule has 1 N–H and O–H groups in total. The van der Waals surface area contributed by atoms with Gasteiger partial charge in [0.2, 0.25) is 5.95 Å². The number of fused-ring (bicyclic) bond motifs is 1. The molecule has 2 heterocycles. The molecule has 0 fully saturated rings. The summed E-state index contributed by atoms with van der Waals surface area (Å²) < 4.78 is 16.0. The number of aryl methyl sites for hydroxylation is 2. The van der Waals surface area contributed by atoms with E-state index in [1.807, 2.05) is 12.1 Å². The number of nitrogens with one attached hydrogen (secondary N) is 1. The maximum atomic E-state index is 14.5. The Morgan fingerprint density at radius 2 is 2.00 bits per heavy atom. The van der Waals surface area contributed by atoms with Crippen LogP contribution in [-0.4, -0.2) is 20.2 Å². The topological polar surface area (TPSA) is 55.6 Å². The van der Waals surface area contributed by atoms with Crippen molar-refractivity contribution >= 4 is 23.2 Å². The van der Waals surface area contributed by atoms with Crippen LogP contribution in [0.15, 0.2) is 42.5 Å². The normalized spacial score (nSPS) is 16.2. The summed E-state index contributed by atoms with van der Waals surface area (Å²) in [6.07, 6.45) is 1.89. The summed E-state index contributed by atoms with van der Waals surface area (Å²) in [5.41, 5.74) is 4.52. The third kappa shape index (κ3) is 2.68. The maximum absolute atomic E-state index is 14.5. The van der Waals surface area contributed by atoms with Gasteiger partial charge in [0.05, 0.1) is 0 Å². The highest BCUT2D eigenvalue weighted by molar-refractivity contribution is 6.31. The number of benzene rings is 2. The second-order valence-electron chi connectivity index (χ2n) is 6.03. The van der Waals surface area contributed by atoms with E-state index in [-0.39, 0.29) is 0 Å². The first kappa shape index (κ1) is 15.8. The molecule has 7 heteroatoms. The molecule has 0 amide bonds. The fourth-order valence-electron chi connectivity index (χ4n) is 2.93. The number of halogens is 2. The van der Waals surface area contributed by atoms with E-state index >= 15 is 0 Å². The summed E-state index contributed by atoms with van der Waals surface area (Å²) in [6, 6.07) is 10.2. The molecule has 1 aliphatic heterocycles. The van der Waals surface area contributed by atoms with Gasteiger partial charge in [-0.1, -0.05) is 34.9 Å². The molecular formula is C18H15ClFN5. The molecule has 3 aromatic rings. The predicted molar refractivity (Wildman–Crippen MR) is 94.9 cm³/mol. The molecular weight excluding hydrogens is 341 g/mol. The van der Waals surface area contributed by atoms with E-state index in [0.29, 0.717) is 16.5 Å². The van der Waals surface area contributed by atoms with E-state index in [9.17, 15) is 4.39 Å². The first-order valence-electron chi connectivity index (χ1n) is 7.83. The van der Waals surface area contributed by atoms with Crippen LogP contribution in [0.1, 0.15) is 28.3 Å². The molecule has 1 aromatic heterocycles. The summed E-state index contributed by atoms with van der Waals surface area (Å²) in [5.74, 6) is 0.0524. The molecule has 2 aromatic carbocycles. The Morgan fingerprint density at radius 3 is 2.76 bits per heavy atom. The van der Waals surface area contributed by atoms with Gasteiger partial charge >= 0.3 is 0 Å². The van der Waals surface area contributed by atoms with Gasteiger partial charge in [-0.25, -0.2) is 4.39 Å². The lowest BCUT2D eigenvalue weighted by Crippen LogP contribution is -2.21. The number of tetrazole rings is 1. The van der Waals surface area contributed by atoms with E-state index < -0.39 is 11.9 Å². The molecule has 25 heavy (non-hydrogen) atoms. The van der Waals surface area contributed by atoms with Crippen molar-refractivity contribution < 1.29 is 4.39 Å². The lowest BCUT2D eigenvalue weighted by atomic mass is 9.99. The van der Waals surface area contributed by atoms with Crippen molar-refractivity contribution in [1.29, 1.82) is 0 Å². The highest BCUT2D eigenvalue weighted by Crippen LogP contribution is 2.36. The molecule has 0 spiro atoms. The second-order valence-corrected chi connectivity index (χ2v) is 6.44. The Labute approximate surface area is 149 Å². The average molecular weight is 356 g/mol. The van der Waals surface area contributed by atoms with E-state index in [4.69, 9.17) is 11.6 Å². The first-order chi connectivity index (χ1) is 12.0. The zero-order valence-electron chi connectivity index (χ0n) is 13.7. The van der Waals surface area contributed by atoms with E-state index in [1.54, 1.807) is 12.1 Å². The van der Waals surface area contributed by atoms with Crippen LogP contribution in [-0.2, 0) is 0 Å². The minimum atomic E-state index is -0.531. The van der Waals surface area contributed by atoms with Crippen molar-refractivity contribution in [2.75, 3.05) is 5.32 Å². The molecule has 126 valence electrons. The lowest BCUT2D eigenvalue weighted by Gasteiger charge is -2.24. The van der Waals surface area contributed by atoms with Crippen molar-refractivity contribution in [3.8, 4) is 0 Å². The van der Waals surface area contributed by atoms with Gasteiger partial charge in [0.15, 0.2) is 0 Å². The summed E-state index contributed by atoms with van der Waals surface area (Å²) >= 11 is 6.26. The predicted octanol–water partition coefficient (Wildman–Crippen LogP) is 4.14. The molecule has 0 bridgehead atoms. The molecule has 1 aliphatic rings. The van der Waals surface area contributed by atoms with Crippen molar-refractivity contribution in [1.82, 2.24) is 20.2 Å². The highest BCUT2D eigenvalue weighted by Gasteiger charge is 2.28. The fourth-order valence-corrected chi connectivity index (χ4v) is 3.20. The second kappa shape index (κ2) is 5.97. The van der Waals surface area contributed by atoms with Gasteiger partial charge in [-0.05, 0) is 65.2 Å². The molecule has 0 aliphatic carbocycles. The number of hydrogen-bond acceptors (Lipinski definition) is 4. The molecule has 0 unspecified atom stereocenters. The van der Waals surface area contributed by atoms with Gasteiger partial charge < -0.3 is 5.32 Å². The average Bonchev–Trinajstić information content (AvgIpc) is 3.05. The minimum absolute atomic E-state index is 0.337. The zero-order valence-corrected chi connectivity index (χ0v) is 14.4.